The van der Waals surface area contributed by atoms with Gasteiger partial charge in [0.2, 0.25) is 0 Å². The molecule has 1 heterocycles. The zero-order valence-corrected chi connectivity index (χ0v) is 15.3. The smallest absolute Gasteiger partial charge is 0.190 e. The van der Waals surface area contributed by atoms with Gasteiger partial charge in [-0.3, -0.25) is 4.99 Å². The molecule has 110 valence electrons. The number of guanidine groups is 1. The van der Waals surface area contributed by atoms with Crippen molar-refractivity contribution in [2.75, 3.05) is 20.1 Å². The minimum Gasteiger partial charge on any atom is -0.356 e. The summed E-state index contributed by atoms with van der Waals surface area (Å²) in [5.74, 6) is 1.69. The van der Waals surface area contributed by atoms with Crippen LogP contribution in [0, 0.1) is 5.92 Å². The van der Waals surface area contributed by atoms with Crippen LogP contribution in [0.4, 0.5) is 0 Å². The molecule has 19 heavy (non-hydrogen) atoms. The molecule has 0 aliphatic carbocycles. The van der Waals surface area contributed by atoms with Gasteiger partial charge in [-0.15, -0.1) is 35.3 Å². The van der Waals surface area contributed by atoms with Gasteiger partial charge in [-0.05, 0) is 36.6 Å². The quantitative estimate of drug-likeness (QED) is 0.321. The number of aliphatic imine (C=N–C) groups is 1. The first-order valence-electron chi connectivity index (χ1n) is 6.69. The fourth-order valence-corrected chi connectivity index (χ4v) is 2.41. The van der Waals surface area contributed by atoms with E-state index in [1.807, 2.05) is 7.05 Å². The molecule has 0 aliphatic heterocycles. The van der Waals surface area contributed by atoms with Crippen LogP contribution < -0.4 is 10.6 Å². The molecular weight excluding hydrogens is 369 g/mol. The largest absolute Gasteiger partial charge is 0.356 e. The lowest BCUT2D eigenvalue weighted by molar-refractivity contribution is 0.549. The average molecular weight is 395 g/mol. The van der Waals surface area contributed by atoms with Gasteiger partial charge in [0.1, 0.15) is 0 Å². The normalized spacial score (nSPS) is 11.3. The second-order valence-electron chi connectivity index (χ2n) is 4.79. The van der Waals surface area contributed by atoms with E-state index >= 15 is 0 Å². The van der Waals surface area contributed by atoms with Gasteiger partial charge in [0, 0.05) is 25.0 Å². The van der Waals surface area contributed by atoms with Crippen LogP contribution in [0.5, 0.6) is 0 Å². The van der Waals surface area contributed by atoms with Crippen molar-refractivity contribution in [1.29, 1.82) is 0 Å². The number of thiophene rings is 1. The van der Waals surface area contributed by atoms with Gasteiger partial charge in [-0.25, -0.2) is 0 Å². The molecule has 0 bridgehead atoms. The highest BCUT2D eigenvalue weighted by atomic mass is 127. The fourth-order valence-electron chi connectivity index (χ4n) is 1.70. The van der Waals surface area contributed by atoms with E-state index in [-0.39, 0.29) is 24.0 Å². The summed E-state index contributed by atoms with van der Waals surface area (Å²) in [5, 5.41) is 8.81. The van der Waals surface area contributed by atoms with E-state index in [0.717, 1.165) is 31.4 Å². The third-order valence-electron chi connectivity index (χ3n) is 2.72. The van der Waals surface area contributed by atoms with Gasteiger partial charge in [0.15, 0.2) is 5.96 Å². The van der Waals surface area contributed by atoms with Crippen molar-refractivity contribution < 1.29 is 0 Å². The Kier molecular flexibility index (Phi) is 11.3. The third kappa shape index (κ3) is 9.27. The van der Waals surface area contributed by atoms with Crippen LogP contribution in [0.3, 0.4) is 0 Å². The minimum absolute atomic E-state index is 0. The van der Waals surface area contributed by atoms with Crippen LogP contribution in [-0.4, -0.2) is 26.1 Å². The Hall–Kier alpha value is -0.300. The lowest BCUT2D eigenvalue weighted by Crippen LogP contribution is -2.38. The molecule has 1 aromatic rings. The molecule has 0 unspecified atom stereocenters. The number of hydrogen-bond acceptors (Lipinski definition) is 2. The molecule has 0 spiro atoms. The number of hydrogen-bond donors (Lipinski definition) is 2. The van der Waals surface area contributed by atoms with Crippen molar-refractivity contribution in [2.45, 2.75) is 33.1 Å². The van der Waals surface area contributed by atoms with Gasteiger partial charge in [-0.1, -0.05) is 19.9 Å². The van der Waals surface area contributed by atoms with E-state index < -0.39 is 0 Å². The summed E-state index contributed by atoms with van der Waals surface area (Å²) >= 11 is 1.81. The van der Waals surface area contributed by atoms with E-state index in [2.05, 4.69) is 47.0 Å². The molecule has 0 saturated heterocycles. The zero-order valence-electron chi connectivity index (χ0n) is 12.1. The molecule has 1 aromatic heterocycles. The Balaban J connectivity index is 0.00000324. The highest BCUT2D eigenvalue weighted by molar-refractivity contribution is 14.0. The maximum absolute atomic E-state index is 4.22. The monoisotopic (exact) mass is 395 g/mol. The molecule has 5 heteroatoms. The summed E-state index contributed by atoms with van der Waals surface area (Å²) in [6.07, 6.45) is 3.52. The van der Waals surface area contributed by atoms with Crippen LogP contribution in [0.15, 0.2) is 22.5 Å². The number of nitrogens with one attached hydrogen (secondary N) is 2. The van der Waals surface area contributed by atoms with E-state index in [0.29, 0.717) is 0 Å². The Morgan fingerprint density at radius 2 is 2.05 bits per heavy atom. The summed E-state index contributed by atoms with van der Waals surface area (Å²) in [4.78, 5) is 5.64. The maximum Gasteiger partial charge on any atom is 0.190 e. The predicted octanol–water partition coefficient (Wildman–Crippen LogP) is 3.51. The van der Waals surface area contributed by atoms with Crippen molar-refractivity contribution in [1.82, 2.24) is 10.6 Å². The summed E-state index contributed by atoms with van der Waals surface area (Å²) in [6.45, 7) is 6.45. The standard InChI is InChI=1S/C14H25N3S.HI/c1-12(2)6-4-9-16-14(15-3)17-10-8-13-7-5-11-18-13;/h5,7,11-12H,4,6,8-10H2,1-3H3,(H2,15,16,17);1H. The van der Waals surface area contributed by atoms with Gasteiger partial charge in [0.25, 0.3) is 0 Å². The number of nitrogens with zero attached hydrogens (tertiary/aromatic N) is 1. The lowest BCUT2D eigenvalue weighted by atomic mass is 10.1. The van der Waals surface area contributed by atoms with Crippen molar-refractivity contribution in [3.8, 4) is 0 Å². The Labute approximate surface area is 138 Å². The van der Waals surface area contributed by atoms with Gasteiger partial charge in [-0.2, -0.15) is 0 Å². The lowest BCUT2D eigenvalue weighted by Gasteiger charge is -2.12. The highest BCUT2D eigenvalue weighted by Gasteiger charge is 1.99. The second-order valence-corrected chi connectivity index (χ2v) is 5.82. The van der Waals surface area contributed by atoms with E-state index in [9.17, 15) is 0 Å². The summed E-state index contributed by atoms with van der Waals surface area (Å²) in [6, 6.07) is 4.27. The Bertz CT molecular complexity index is 336. The first-order valence-corrected chi connectivity index (χ1v) is 7.57. The van der Waals surface area contributed by atoms with Crippen molar-refractivity contribution in [2.24, 2.45) is 10.9 Å². The van der Waals surface area contributed by atoms with Gasteiger partial charge >= 0.3 is 0 Å². The number of halogens is 1. The molecule has 0 saturated carbocycles. The van der Waals surface area contributed by atoms with E-state index in [4.69, 9.17) is 0 Å². The highest BCUT2D eigenvalue weighted by Crippen LogP contribution is 2.07. The van der Waals surface area contributed by atoms with Gasteiger partial charge < -0.3 is 10.6 Å². The Morgan fingerprint density at radius 1 is 1.32 bits per heavy atom. The molecule has 3 nitrogen and oxygen atoms in total. The minimum atomic E-state index is 0. The SMILES string of the molecule is CN=C(NCCCC(C)C)NCCc1cccs1.I. The second kappa shape index (κ2) is 11.5. The summed E-state index contributed by atoms with van der Waals surface area (Å²) < 4.78 is 0. The molecule has 0 radical (unpaired) electrons. The topological polar surface area (TPSA) is 36.4 Å². The van der Waals surface area contributed by atoms with Gasteiger partial charge in [0.05, 0.1) is 0 Å². The molecule has 1 rings (SSSR count). The van der Waals surface area contributed by atoms with Crippen LogP contribution in [0.2, 0.25) is 0 Å². The zero-order chi connectivity index (χ0) is 13.2. The first-order chi connectivity index (χ1) is 8.72. The third-order valence-corrected chi connectivity index (χ3v) is 3.65. The van der Waals surface area contributed by atoms with Crippen LogP contribution in [0.1, 0.15) is 31.6 Å². The fraction of sp³-hybridized carbons (Fsp3) is 0.643. The summed E-state index contributed by atoms with van der Waals surface area (Å²) in [5.41, 5.74) is 0. The molecule has 0 fully saturated rings. The van der Waals surface area contributed by atoms with Crippen molar-refractivity contribution in [3.05, 3.63) is 22.4 Å². The summed E-state index contributed by atoms with van der Waals surface area (Å²) in [7, 11) is 1.82. The van der Waals surface area contributed by atoms with E-state index in [1.165, 1.54) is 17.7 Å². The molecule has 0 aliphatic rings. The van der Waals surface area contributed by atoms with Crippen LogP contribution >= 0.6 is 35.3 Å². The van der Waals surface area contributed by atoms with E-state index in [1.54, 1.807) is 11.3 Å². The maximum atomic E-state index is 4.22. The molecule has 0 aromatic carbocycles. The molecule has 0 atom stereocenters. The molecule has 2 N–H and O–H groups in total. The number of rotatable bonds is 7. The van der Waals surface area contributed by atoms with Crippen LogP contribution in [-0.2, 0) is 6.42 Å². The molecule has 0 amide bonds. The Morgan fingerprint density at radius 3 is 2.63 bits per heavy atom. The first kappa shape index (κ1) is 18.7. The van der Waals surface area contributed by atoms with Crippen LogP contribution in [0.25, 0.3) is 0 Å². The molecular formula is C14H26IN3S. The average Bonchev–Trinajstić information content (AvgIpc) is 2.85. The van der Waals surface area contributed by atoms with Crippen molar-refractivity contribution >= 4 is 41.3 Å². The predicted molar refractivity (Wildman–Crippen MR) is 96.9 cm³/mol. The van der Waals surface area contributed by atoms with Crippen molar-refractivity contribution in [3.63, 3.8) is 0 Å².